The van der Waals surface area contributed by atoms with Crippen molar-refractivity contribution < 1.29 is 9.47 Å². The Kier molecular flexibility index (Phi) is 3.43. The Morgan fingerprint density at radius 3 is 2.40 bits per heavy atom. The predicted octanol–water partition coefficient (Wildman–Crippen LogP) is 3.35. The number of nitriles is 1. The molecule has 0 radical (unpaired) electrons. The molecule has 1 unspecified atom stereocenters. The first-order valence-corrected chi connectivity index (χ1v) is 6.78. The Hall–Kier alpha value is -1.73. The van der Waals surface area contributed by atoms with E-state index in [1.807, 2.05) is 52.0 Å². The van der Waals surface area contributed by atoms with E-state index in [0.717, 1.165) is 11.4 Å². The summed E-state index contributed by atoms with van der Waals surface area (Å²) in [6.07, 6.45) is 0.613. The largest absolute Gasteiger partial charge is 0.495 e. The summed E-state index contributed by atoms with van der Waals surface area (Å²) in [6, 6.07) is 10.1. The van der Waals surface area contributed by atoms with E-state index in [4.69, 9.17) is 9.47 Å². The molecule has 0 bridgehead atoms. The quantitative estimate of drug-likeness (QED) is 0.918. The molecule has 1 saturated heterocycles. The first kappa shape index (κ1) is 14.7. The lowest BCUT2D eigenvalue weighted by Gasteiger charge is -2.35. The number of nitrogens with zero attached hydrogens (tertiary/aromatic N) is 1. The fourth-order valence-electron chi connectivity index (χ4n) is 3.04. The van der Waals surface area contributed by atoms with Crippen LogP contribution in [0.4, 0.5) is 5.69 Å². The number of rotatable bonds is 3. The number of para-hydroxylation sites is 2. The van der Waals surface area contributed by atoms with E-state index in [1.54, 1.807) is 7.11 Å². The Morgan fingerprint density at radius 2 is 1.90 bits per heavy atom. The molecule has 2 rings (SSSR count). The van der Waals surface area contributed by atoms with Crippen LogP contribution in [-0.2, 0) is 4.74 Å². The van der Waals surface area contributed by atoms with Crippen LogP contribution in [0.5, 0.6) is 5.75 Å². The molecule has 4 heteroatoms. The van der Waals surface area contributed by atoms with E-state index in [0.29, 0.717) is 6.42 Å². The van der Waals surface area contributed by atoms with Crippen LogP contribution >= 0.6 is 0 Å². The average molecular weight is 274 g/mol. The van der Waals surface area contributed by atoms with Gasteiger partial charge >= 0.3 is 0 Å². The first-order valence-electron chi connectivity index (χ1n) is 6.78. The third-order valence-corrected chi connectivity index (χ3v) is 3.90. The molecule has 1 aromatic carbocycles. The second kappa shape index (κ2) is 4.68. The first-order chi connectivity index (χ1) is 9.25. The zero-order valence-corrected chi connectivity index (χ0v) is 12.8. The van der Waals surface area contributed by atoms with Gasteiger partial charge in [-0.05, 0) is 39.8 Å². The van der Waals surface area contributed by atoms with Gasteiger partial charge in [0.25, 0.3) is 0 Å². The van der Waals surface area contributed by atoms with Crippen LogP contribution in [0.15, 0.2) is 24.3 Å². The number of hydrogen-bond acceptors (Lipinski definition) is 4. The van der Waals surface area contributed by atoms with Crippen molar-refractivity contribution in [3.8, 4) is 11.8 Å². The minimum Gasteiger partial charge on any atom is -0.495 e. The zero-order valence-electron chi connectivity index (χ0n) is 12.8. The summed E-state index contributed by atoms with van der Waals surface area (Å²) in [5.41, 5.74) is -0.906. The predicted molar refractivity (Wildman–Crippen MR) is 78.8 cm³/mol. The Labute approximate surface area is 120 Å². The van der Waals surface area contributed by atoms with Crippen molar-refractivity contribution in [1.82, 2.24) is 0 Å². The van der Waals surface area contributed by atoms with Crippen molar-refractivity contribution >= 4 is 5.69 Å². The molecule has 0 aliphatic carbocycles. The second-order valence-corrected chi connectivity index (χ2v) is 6.39. The maximum atomic E-state index is 9.78. The van der Waals surface area contributed by atoms with Gasteiger partial charge in [0.05, 0.1) is 30.1 Å². The second-order valence-electron chi connectivity index (χ2n) is 6.39. The smallest absolute Gasteiger partial charge is 0.156 e. The van der Waals surface area contributed by atoms with Crippen LogP contribution in [0.3, 0.4) is 0 Å². The minimum absolute atomic E-state index is 0.339. The number of nitrogens with one attached hydrogen (secondary N) is 1. The van der Waals surface area contributed by atoms with Crippen LogP contribution in [-0.4, -0.2) is 23.9 Å². The summed E-state index contributed by atoms with van der Waals surface area (Å²) < 4.78 is 11.4. The van der Waals surface area contributed by atoms with Gasteiger partial charge in [0, 0.05) is 6.42 Å². The lowest BCUT2D eigenvalue weighted by Crippen LogP contribution is -2.51. The maximum absolute atomic E-state index is 9.78. The van der Waals surface area contributed by atoms with Crippen LogP contribution in [0.2, 0.25) is 0 Å². The van der Waals surface area contributed by atoms with Crippen molar-refractivity contribution in [2.75, 3.05) is 12.4 Å². The molecule has 0 spiro atoms. The number of methoxy groups -OCH3 is 1. The van der Waals surface area contributed by atoms with Crippen LogP contribution in [0.25, 0.3) is 0 Å². The van der Waals surface area contributed by atoms with E-state index >= 15 is 0 Å². The van der Waals surface area contributed by atoms with E-state index in [2.05, 4.69) is 11.4 Å². The van der Waals surface area contributed by atoms with E-state index in [9.17, 15) is 5.26 Å². The number of benzene rings is 1. The van der Waals surface area contributed by atoms with Crippen molar-refractivity contribution in [3.05, 3.63) is 24.3 Å². The Bertz CT molecular complexity index is 546. The third kappa shape index (κ3) is 2.34. The molecule has 1 N–H and O–H groups in total. The van der Waals surface area contributed by atoms with E-state index in [-0.39, 0.29) is 5.60 Å². The van der Waals surface area contributed by atoms with Gasteiger partial charge < -0.3 is 14.8 Å². The Balaban J connectivity index is 2.41. The Morgan fingerprint density at radius 1 is 1.25 bits per heavy atom. The lowest BCUT2D eigenvalue weighted by atomic mass is 9.80. The van der Waals surface area contributed by atoms with Crippen molar-refractivity contribution in [2.24, 2.45) is 0 Å². The molecule has 1 aliphatic rings. The molecule has 1 aromatic rings. The molecular weight excluding hydrogens is 252 g/mol. The maximum Gasteiger partial charge on any atom is 0.156 e. The fourth-order valence-corrected chi connectivity index (χ4v) is 3.04. The summed E-state index contributed by atoms with van der Waals surface area (Å²) in [5, 5.41) is 13.1. The summed E-state index contributed by atoms with van der Waals surface area (Å²) in [4.78, 5) is 0. The zero-order chi connectivity index (χ0) is 15.0. The molecular formula is C16H22N2O2. The van der Waals surface area contributed by atoms with Gasteiger partial charge in [-0.2, -0.15) is 5.26 Å². The molecule has 108 valence electrons. The summed E-state index contributed by atoms with van der Waals surface area (Å²) in [6.45, 7) is 7.93. The highest BCUT2D eigenvalue weighted by Crippen LogP contribution is 2.47. The monoisotopic (exact) mass is 274 g/mol. The SMILES string of the molecule is COc1ccccc1NC1(C#N)CC(C)(C)OC1(C)C. The van der Waals surface area contributed by atoms with Crippen LogP contribution in [0.1, 0.15) is 34.1 Å². The highest BCUT2D eigenvalue weighted by atomic mass is 16.5. The third-order valence-electron chi connectivity index (χ3n) is 3.90. The van der Waals surface area contributed by atoms with Gasteiger partial charge in [0.15, 0.2) is 5.54 Å². The van der Waals surface area contributed by atoms with E-state index < -0.39 is 11.1 Å². The number of hydrogen-bond donors (Lipinski definition) is 1. The van der Waals surface area contributed by atoms with Gasteiger partial charge in [0.2, 0.25) is 0 Å². The highest BCUT2D eigenvalue weighted by molar-refractivity contribution is 5.60. The van der Waals surface area contributed by atoms with Crippen molar-refractivity contribution in [1.29, 1.82) is 5.26 Å². The topological polar surface area (TPSA) is 54.3 Å². The van der Waals surface area contributed by atoms with Crippen LogP contribution < -0.4 is 10.1 Å². The summed E-state index contributed by atoms with van der Waals surface area (Å²) >= 11 is 0. The van der Waals surface area contributed by atoms with Crippen molar-refractivity contribution in [3.63, 3.8) is 0 Å². The molecule has 20 heavy (non-hydrogen) atoms. The van der Waals surface area contributed by atoms with Gasteiger partial charge in [-0.1, -0.05) is 12.1 Å². The molecule has 0 amide bonds. The van der Waals surface area contributed by atoms with Gasteiger partial charge in [0.1, 0.15) is 5.75 Å². The number of ether oxygens (including phenoxy) is 2. The summed E-state index contributed by atoms with van der Waals surface area (Å²) in [5.74, 6) is 0.725. The minimum atomic E-state index is -0.787. The van der Waals surface area contributed by atoms with Gasteiger partial charge in [-0.25, -0.2) is 0 Å². The molecule has 1 fully saturated rings. The molecule has 1 atom stereocenters. The fraction of sp³-hybridized carbons (Fsp3) is 0.562. The molecule has 1 aliphatic heterocycles. The standard InChI is InChI=1S/C16H22N2O2/c1-14(2)10-16(11-17,15(3,4)20-14)18-12-8-6-7-9-13(12)19-5/h6-9,18H,10H2,1-5H3. The molecule has 1 heterocycles. The van der Waals surface area contributed by atoms with E-state index in [1.165, 1.54) is 0 Å². The van der Waals surface area contributed by atoms with Crippen molar-refractivity contribution in [2.45, 2.75) is 50.9 Å². The molecule has 0 saturated carbocycles. The summed E-state index contributed by atoms with van der Waals surface area (Å²) in [7, 11) is 1.62. The number of anilines is 1. The lowest BCUT2D eigenvalue weighted by molar-refractivity contribution is -0.0713. The average Bonchev–Trinajstić information content (AvgIpc) is 2.55. The highest BCUT2D eigenvalue weighted by Gasteiger charge is 2.58. The van der Waals surface area contributed by atoms with Crippen LogP contribution in [0, 0.1) is 11.3 Å². The van der Waals surface area contributed by atoms with Gasteiger partial charge in [-0.3, -0.25) is 0 Å². The molecule has 0 aromatic heterocycles. The normalized spacial score (nSPS) is 26.8. The molecule has 4 nitrogen and oxygen atoms in total. The van der Waals surface area contributed by atoms with Gasteiger partial charge in [-0.15, -0.1) is 0 Å².